The van der Waals surface area contributed by atoms with E-state index in [9.17, 15) is 18.0 Å². The number of methoxy groups -OCH3 is 2. The third-order valence-electron chi connectivity index (χ3n) is 4.00. The molecule has 1 heterocycles. The Kier molecular flexibility index (Phi) is 5.49. The summed E-state index contributed by atoms with van der Waals surface area (Å²) in [7, 11) is 2.82. The van der Waals surface area contributed by atoms with Crippen LogP contribution in [0.4, 0.5) is 13.2 Å². The monoisotopic (exact) mass is 406 g/mol. The zero-order valence-electron chi connectivity index (χ0n) is 15.8. The zero-order chi connectivity index (χ0) is 21.2. The summed E-state index contributed by atoms with van der Waals surface area (Å²) in [5.74, 6) is -0.585. The van der Waals surface area contributed by atoms with Crippen molar-refractivity contribution in [3.05, 3.63) is 65.4 Å². The molecule has 29 heavy (non-hydrogen) atoms. The van der Waals surface area contributed by atoms with E-state index in [1.165, 1.54) is 26.4 Å². The number of hydrogen-bond donors (Lipinski definition) is 0. The average molecular weight is 406 g/mol. The van der Waals surface area contributed by atoms with Crippen molar-refractivity contribution in [2.75, 3.05) is 14.2 Å². The maximum absolute atomic E-state index is 13.2. The normalized spacial score (nSPS) is 11.2. The van der Waals surface area contributed by atoms with E-state index >= 15 is 0 Å². The Bertz CT molecular complexity index is 1020. The molecule has 0 aliphatic carbocycles. The highest BCUT2D eigenvalue weighted by atomic mass is 19.4. The van der Waals surface area contributed by atoms with Crippen molar-refractivity contribution in [1.29, 1.82) is 0 Å². The van der Waals surface area contributed by atoms with Crippen LogP contribution in [0, 0.1) is 6.92 Å². The van der Waals surface area contributed by atoms with E-state index in [4.69, 9.17) is 14.2 Å². The summed E-state index contributed by atoms with van der Waals surface area (Å²) in [5.41, 5.74) is 0.00432. The lowest BCUT2D eigenvalue weighted by Gasteiger charge is -2.10. The molecule has 0 aliphatic heterocycles. The van der Waals surface area contributed by atoms with Gasteiger partial charge < -0.3 is 14.2 Å². The van der Waals surface area contributed by atoms with Gasteiger partial charge in [0.05, 0.1) is 25.5 Å². The average Bonchev–Trinajstić information content (AvgIpc) is 3.11. The van der Waals surface area contributed by atoms with Crippen molar-refractivity contribution in [1.82, 2.24) is 9.78 Å². The summed E-state index contributed by atoms with van der Waals surface area (Å²) < 4.78 is 55.9. The van der Waals surface area contributed by atoms with Gasteiger partial charge in [-0.05, 0) is 36.8 Å². The lowest BCUT2D eigenvalue weighted by atomic mass is 10.2. The molecule has 0 aliphatic rings. The molecule has 0 saturated carbocycles. The fraction of sp³-hybridized carbons (Fsp3) is 0.200. The lowest BCUT2D eigenvalue weighted by molar-refractivity contribution is -0.141. The van der Waals surface area contributed by atoms with Crippen LogP contribution in [0.1, 0.15) is 21.6 Å². The Hall–Kier alpha value is -3.49. The Balaban J connectivity index is 2.02. The number of carbonyl (C=O) groups excluding carboxylic acids is 1. The largest absolute Gasteiger partial charge is 0.497 e. The lowest BCUT2D eigenvalue weighted by Crippen LogP contribution is -2.12. The first kappa shape index (κ1) is 20.2. The molecule has 0 bridgehead atoms. The third kappa shape index (κ3) is 4.50. The van der Waals surface area contributed by atoms with E-state index in [1.807, 2.05) is 0 Å². The van der Waals surface area contributed by atoms with Crippen LogP contribution in [0.2, 0.25) is 0 Å². The fourth-order valence-corrected chi connectivity index (χ4v) is 2.60. The molecule has 0 fully saturated rings. The van der Waals surface area contributed by atoms with Crippen LogP contribution in [0.5, 0.6) is 17.4 Å². The number of esters is 1. The predicted molar refractivity (Wildman–Crippen MR) is 97.8 cm³/mol. The number of ether oxygens (including phenoxy) is 3. The first-order valence-corrected chi connectivity index (χ1v) is 8.41. The van der Waals surface area contributed by atoms with Gasteiger partial charge in [-0.15, -0.1) is 0 Å². The minimum absolute atomic E-state index is 0.0479. The van der Waals surface area contributed by atoms with Crippen molar-refractivity contribution in [2.45, 2.75) is 13.1 Å². The summed E-state index contributed by atoms with van der Waals surface area (Å²) in [6.45, 7) is 1.78. The zero-order valence-corrected chi connectivity index (χ0v) is 15.8. The van der Waals surface area contributed by atoms with Crippen LogP contribution >= 0.6 is 0 Å². The minimum Gasteiger partial charge on any atom is -0.497 e. The molecule has 0 amide bonds. The van der Waals surface area contributed by atoms with Gasteiger partial charge in [0.2, 0.25) is 5.88 Å². The second kappa shape index (κ2) is 7.86. The highest BCUT2D eigenvalue weighted by Gasteiger charge is 2.36. The molecule has 0 spiro atoms. The number of aryl methyl sites for hydroxylation is 1. The second-order valence-corrected chi connectivity index (χ2v) is 6.11. The minimum atomic E-state index is -4.70. The van der Waals surface area contributed by atoms with Gasteiger partial charge in [0, 0.05) is 12.1 Å². The summed E-state index contributed by atoms with van der Waals surface area (Å²) in [6.07, 6.45) is -4.70. The van der Waals surface area contributed by atoms with Crippen LogP contribution in [-0.4, -0.2) is 30.0 Å². The molecule has 2 aromatic carbocycles. The van der Waals surface area contributed by atoms with Gasteiger partial charge in [0.15, 0.2) is 5.69 Å². The van der Waals surface area contributed by atoms with Crippen LogP contribution in [0.3, 0.4) is 0 Å². The van der Waals surface area contributed by atoms with Gasteiger partial charge in [-0.2, -0.15) is 18.3 Å². The number of nitrogens with zero attached hydrogens (tertiary/aromatic N) is 2. The van der Waals surface area contributed by atoms with E-state index in [0.717, 1.165) is 10.2 Å². The molecular weight excluding hydrogens is 389 g/mol. The summed E-state index contributed by atoms with van der Waals surface area (Å²) in [6, 6.07) is 11.6. The highest BCUT2D eigenvalue weighted by molar-refractivity contribution is 5.92. The maximum Gasteiger partial charge on any atom is 0.435 e. The van der Waals surface area contributed by atoms with Crippen LogP contribution in [0.25, 0.3) is 5.69 Å². The molecule has 6 nitrogen and oxygen atoms in total. The third-order valence-corrected chi connectivity index (χ3v) is 4.00. The second-order valence-electron chi connectivity index (χ2n) is 6.11. The van der Waals surface area contributed by atoms with Crippen LogP contribution in [0.15, 0.2) is 48.5 Å². The fourth-order valence-electron chi connectivity index (χ4n) is 2.60. The Morgan fingerprint density at radius 2 is 1.66 bits per heavy atom. The summed E-state index contributed by atoms with van der Waals surface area (Å²) in [5, 5.41) is 3.57. The number of rotatable bonds is 5. The quantitative estimate of drug-likeness (QED) is 0.587. The number of aromatic nitrogens is 2. The number of alkyl halides is 3. The first-order chi connectivity index (χ1) is 13.7. The first-order valence-electron chi connectivity index (χ1n) is 8.41. The van der Waals surface area contributed by atoms with Gasteiger partial charge in [-0.3, -0.25) is 0 Å². The molecular formula is C20H17F3N2O4. The number of benzene rings is 2. The molecule has 152 valence electrons. The Morgan fingerprint density at radius 3 is 2.21 bits per heavy atom. The molecule has 0 unspecified atom stereocenters. The van der Waals surface area contributed by atoms with Gasteiger partial charge in [-0.25, -0.2) is 9.48 Å². The Labute approximate surface area is 164 Å². The van der Waals surface area contributed by atoms with Crippen molar-refractivity contribution in [3.63, 3.8) is 0 Å². The summed E-state index contributed by atoms with van der Waals surface area (Å²) in [4.78, 5) is 12.6. The molecule has 0 radical (unpaired) electrons. The molecule has 3 rings (SSSR count). The van der Waals surface area contributed by atoms with E-state index in [1.54, 1.807) is 37.3 Å². The highest BCUT2D eigenvalue weighted by Crippen LogP contribution is 2.33. The number of carbonyl (C=O) groups is 1. The van der Waals surface area contributed by atoms with Crippen molar-refractivity contribution in [3.8, 4) is 23.1 Å². The molecule has 0 N–H and O–H groups in total. The van der Waals surface area contributed by atoms with E-state index in [0.29, 0.717) is 23.3 Å². The predicted octanol–water partition coefficient (Wildman–Crippen LogP) is 4.44. The van der Waals surface area contributed by atoms with E-state index in [2.05, 4.69) is 5.10 Å². The molecule has 0 saturated heterocycles. The van der Waals surface area contributed by atoms with Crippen molar-refractivity contribution >= 4 is 5.97 Å². The van der Waals surface area contributed by atoms with Gasteiger partial charge >= 0.3 is 12.1 Å². The standard InChI is InChI=1S/C20H17F3N2O4/c1-12-5-4-6-14(7-12)25-18(11-17(24-25)20(21,22)23)29-19(26)13-8-15(27-2)10-16(9-13)28-3/h4-11H,1-3H3. The van der Waals surface area contributed by atoms with Gasteiger partial charge in [0.1, 0.15) is 11.5 Å². The number of halogens is 3. The smallest absolute Gasteiger partial charge is 0.435 e. The molecule has 3 aromatic rings. The van der Waals surface area contributed by atoms with E-state index < -0.39 is 17.8 Å². The molecule has 9 heteroatoms. The van der Waals surface area contributed by atoms with Gasteiger partial charge in [-0.1, -0.05) is 12.1 Å². The topological polar surface area (TPSA) is 62.6 Å². The van der Waals surface area contributed by atoms with E-state index in [-0.39, 0.29) is 11.4 Å². The van der Waals surface area contributed by atoms with Crippen molar-refractivity contribution < 1.29 is 32.2 Å². The van der Waals surface area contributed by atoms with Crippen LogP contribution < -0.4 is 14.2 Å². The van der Waals surface area contributed by atoms with Gasteiger partial charge in [0.25, 0.3) is 0 Å². The number of hydrogen-bond acceptors (Lipinski definition) is 5. The van der Waals surface area contributed by atoms with Crippen LogP contribution in [-0.2, 0) is 6.18 Å². The summed E-state index contributed by atoms with van der Waals surface area (Å²) >= 11 is 0. The Morgan fingerprint density at radius 1 is 1.00 bits per heavy atom. The van der Waals surface area contributed by atoms with Crippen molar-refractivity contribution in [2.24, 2.45) is 0 Å². The molecule has 1 aromatic heterocycles. The maximum atomic E-state index is 13.2. The molecule has 0 atom stereocenters. The SMILES string of the molecule is COc1cc(OC)cc(C(=O)Oc2cc(C(F)(F)F)nn2-c2cccc(C)c2)c1.